The number of aryl methyl sites for hydroxylation is 2. The minimum Gasteiger partial charge on any atom is -0.327 e. The highest BCUT2D eigenvalue weighted by molar-refractivity contribution is 7.11. The third-order valence-electron chi connectivity index (χ3n) is 4.02. The summed E-state index contributed by atoms with van der Waals surface area (Å²) in [5, 5.41) is 1.17. The Balaban J connectivity index is 2.20. The van der Waals surface area contributed by atoms with Crippen LogP contribution >= 0.6 is 11.3 Å². The monoisotopic (exact) mass is 267 g/mol. The molecule has 0 saturated carbocycles. The van der Waals surface area contributed by atoms with Crippen LogP contribution < -0.4 is 5.73 Å². The summed E-state index contributed by atoms with van der Waals surface area (Å²) in [6.45, 7) is 9.83. The molecule has 0 radical (unpaired) electrons. The van der Waals surface area contributed by atoms with Gasteiger partial charge in [0.05, 0.1) is 10.7 Å². The number of aromatic nitrogens is 1. The first-order valence-corrected chi connectivity index (χ1v) is 7.77. The molecule has 2 rings (SSSR count). The molecule has 2 heterocycles. The zero-order chi connectivity index (χ0) is 13.3. The van der Waals surface area contributed by atoms with Crippen LogP contribution in [0.25, 0.3) is 0 Å². The lowest BCUT2D eigenvalue weighted by atomic mass is 9.95. The molecule has 1 fully saturated rings. The number of hydrogen-bond donors (Lipinski definition) is 1. The van der Waals surface area contributed by atoms with E-state index in [1.165, 1.54) is 41.4 Å². The van der Waals surface area contributed by atoms with Gasteiger partial charge in [0, 0.05) is 23.0 Å². The molecule has 1 aliphatic rings. The van der Waals surface area contributed by atoms with Gasteiger partial charge in [0.1, 0.15) is 0 Å². The highest BCUT2D eigenvalue weighted by Crippen LogP contribution is 2.33. The van der Waals surface area contributed by atoms with Crippen LogP contribution in [0.1, 0.15) is 54.7 Å². The van der Waals surface area contributed by atoms with Crippen LogP contribution in [0.4, 0.5) is 0 Å². The van der Waals surface area contributed by atoms with Gasteiger partial charge < -0.3 is 5.73 Å². The molecule has 3 nitrogen and oxygen atoms in total. The van der Waals surface area contributed by atoms with E-state index in [1.807, 2.05) is 11.3 Å². The molecule has 1 saturated heterocycles. The molecule has 0 aliphatic carbocycles. The molecular weight excluding hydrogens is 242 g/mol. The Kier molecular flexibility index (Phi) is 4.41. The highest BCUT2D eigenvalue weighted by Gasteiger charge is 2.31. The second kappa shape index (κ2) is 5.68. The third-order valence-corrected chi connectivity index (χ3v) is 5.26. The average Bonchev–Trinajstić information content (AvgIpc) is 2.67. The molecule has 102 valence electrons. The van der Waals surface area contributed by atoms with E-state index in [2.05, 4.69) is 37.6 Å². The highest BCUT2D eigenvalue weighted by atomic mass is 32.1. The smallest absolute Gasteiger partial charge is 0.0900 e. The van der Waals surface area contributed by atoms with E-state index in [-0.39, 0.29) is 6.04 Å². The van der Waals surface area contributed by atoms with E-state index in [9.17, 15) is 0 Å². The Morgan fingerprint density at radius 2 is 2.06 bits per heavy atom. The van der Waals surface area contributed by atoms with E-state index < -0.39 is 0 Å². The van der Waals surface area contributed by atoms with Gasteiger partial charge in [-0.25, -0.2) is 4.98 Å². The number of rotatable bonds is 3. The summed E-state index contributed by atoms with van der Waals surface area (Å²) >= 11 is 1.84. The molecule has 3 atom stereocenters. The Labute approximate surface area is 114 Å². The lowest BCUT2D eigenvalue weighted by Crippen LogP contribution is -2.49. The van der Waals surface area contributed by atoms with Crippen molar-refractivity contribution < 1.29 is 0 Å². The van der Waals surface area contributed by atoms with Crippen LogP contribution in [-0.2, 0) is 0 Å². The second-order valence-corrected chi connectivity index (χ2v) is 6.75. The Morgan fingerprint density at radius 1 is 1.33 bits per heavy atom. The van der Waals surface area contributed by atoms with E-state index in [0.717, 1.165) is 0 Å². The topological polar surface area (TPSA) is 42.2 Å². The Morgan fingerprint density at radius 3 is 2.61 bits per heavy atom. The molecule has 2 N–H and O–H groups in total. The molecule has 1 aromatic rings. The first-order chi connectivity index (χ1) is 8.50. The number of hydrogen-bond acceptors (Lipinski definition) is 4. The predicted molar refractivity (Wildman–Crippen MR) is 78.0 cm³/mol. The van der Waals surface area contributed by atoms with Gasteiger partial charge in [0.2, 0.25) is 0 Å². The first-order valence-electron chi connectivity index (χ1n) is 6.96. The lowest BCUT2D eigenvalue weighted by molar-refractivity contribution is 0.0902. The molecule has 1 aliphatic heterocycles. The molecule has 0 amide bonds. The summed E-state index contributed by atoms with van der Waals surface area (Å²) in [6.07, 6.45) is 3.85. The van der Waals surface area contributed by atoms with E-state index >= 15 is 0 Å². The van der Waals surface area contributed by atoms with Crippen molar-refractivity contribution in [2.24, 2.45) is 5.73 Å². The maximum Gasteiger partial charge on any atom is 0.0900 e. The van der Waals surface area contributed by atoms with Gasteiger partial charge in [-0.15, -0.1) is 11.3 Å². The van der Waals surface area contributed by atoms with Crippen LogP contribution in [0, 0.1) is 13.8 Å². The molecule has 0 spiro atoms. The maximum absolute atomic E-state index is 6.16. The lowest BCUT2D eigenvalue weighted by Gasteiger charge is -2.41. The summed E-state index contributed by atoms with van der Waals surface area (Å²) in [4.78, 5) is 8.57. The predicted octanol–water partition coefficient (Wildman–Crippen LogP) is 3.02. The average molecular weight is 267 g/mol. The van der Waals surface area contributed by atoms with Gasteiger partial charge >= 0.3 is 0 Å². The molecule has 3 unspecified atom stereocenters. The van der Waals surface area contributed by atoms with Crippen molar-refractivity contribution in [3.8, 4) is 0 Å². The van der Waals surface area contributed by atoms with E-state index in [0.29, 0.717) is 12.1 Å². The molecule has 18 heavy (non-hydrogen) atoms. The number of thiazole rings is 1. The zero-order valence-electron chi connectivity index (χ0n) is 11.9. The SMILES string of the molecule is Cc1nc(C)c(C(C)N2CCCCC2C(C)N)s1. The van der Waals surface area contributed by atoms with Crippen molar-refractivity contribution in [1.29, 1.82) is 0 Å². The Bertz CT molecular complexity index is 400. The fourth-order valence-electron chi connectivity index (χ4n) is 3.11. The third kappa shape index (κ3) is 2.76. The van der Waals surface area contributed by atoms with Crippen molar-refractivity contribution in [3.05, 3.63) is 15.6 Å². The van der Waals surface area contributed by atoms with Crippen molar-refractivity contribution in [2.75, 3.05) is 6.54 Å². The van der Waals surface area contributed by atoms with Gasteiger partial charge in [0.25, 0.3) is 0 Å². The summed E-state index contributed by atoms with van der Waals surface area (Å²) in [7, 11) is 0. The van der Waals surface area contributed by atoms with Gasteiger partial charge in [-0.2, -0.15) is 0 Å². The van der Waals surface area contributed by atoms with Crippen LogP contribution in [-0.4, -0.2) is 28.5 Å². The number of likely N-dealkylation sites (tertiary alicyclic amines) is 1. The van der Waals surface area contributed by atoms with E-state index in [1.54, 1.807) is 0 Å². The molecule has 0 aromatic carbocycles. The van der Waals surface area contributed by atoms with Gasteiger partial charge in [-0.3, -0.25) is 4.90 Å². The second-order valence-electron chi connectivity index (χ2n) is 5.52. The minimum absolute atomic E-state index is 0.252. The molecule has 4 heteroatoms. The van der Waals surface area contributed by atoms with Gasteiger partial charge in [-0.1, -0.05) is 6.42 Å². The van der Waals surface area contributed by atoms with Gasteiger partial charge in [-0.05, 0) is 47.1 Å². The summed E-state index contributed by atoms with van der Waals surface area (Å²) < 4.78 is 0. The largest absolute Gasteiger partial charge is 0.327 e. The van der Waals surface area contributed by atoms with Crippen LogP contribution in [0.3, 0.4) is 0 Å². The zero-order valence-corrected chi connectivity index (χ0v) is 12.8. The first kappa shape index (κ1) is 14.0. The normalized spacial score (nSPS) is 25.1. The van der Waals surface area contributed by atoms with Crippen molar-refractivity contribution in [2.45, 2.75) is 65.1 Å². The van der Waals surface area contributed by atoms with E-state index in [4.69, 9.17) is 5.73 Å². The maximum atomic E-state index is 6.16. The molecular formula is C14H25N3S. The summed E-state index contributed by atoms with van der Waals surface area (Å²) in [6, 6.07) is 1.23. The quantitative estimate of drug-likeness (QED) is 0.915. The van der Waals surface area contributed by atoms with Crippen molar-refractivity contribution in [1.82, 2.24) is 9.88 Å². The standard InChI is InChI=1S/C14H25N3S/c1-9(15)13-7-5-6-8-17(13)11(3)14-10(2)16-12(4)18-14/h9,11,13H,5-8,15H2,1-4H3. The summed E-state index contributed by atoms with van der Waals surface area (Å²) in [5.41, 5.74) is 7.36. The van der Waals surface area contributed by atoms with Crippen LogP contribution in [0.15, 0.2) is 0 Å². The fourth-order valence-corrected chi connectivity index (χ4v) is 4.11. The van der Waals surface area contributed by atoms with Crippen molar-refractivity contribution in [3.63, 3.8) is 0 Å². The fraction of sp³-hybridized carbons (Fsp3) is 0.786. The Hall–Kier alpha value is -0.450. The van der Waals surface area contributed by atoms with Gasteiger partial charge in [0.15, 0.2) is 0 Å². The van der Waals surface area contributed by atoms with Crippen molar-refractivity contribution >= 4 is 11.3 Å². The van der Waals surface area contributed by atoms with Crippen LogP contribution in [0.2, 0.25) is 0 Å². The number of nitrogens with two attached hydrogens (primary N) is 1. The summed E-state index contributed by atoms with van der Waals surface area (Å²) in [5.74, 6) is 0. The molecule has 1 aromatic heterocycles. The molecule has 0 bridgehead atoms. The number of piperidine rings is 1. The number of nitrogens with zero attached hydrogens (tertiary/aromatic N) is 2. The minimum atomic E-state index is 0.252. The van der Waals surface area contributed by atoms with Crippen LogP contribution in [0.5, 0.6) is 0 Å².